The van der Waals surface area contributed by atoms with Crippen LogP contribution in [0.5, 0.6) is 0 Å². The van der Waals surface area contributed by atoms with Gasteiger partial charge in [0.2, 0.25) is 0 Å². The third-order valence-electron chi connectivity index (χ3n) is 3.12. The van der Waals surface area contributed by atoms with Gasteiger partial charge in [-0.2, -0.15) is 0 Å². The zero-order valence-electron chi connectivity index (χ0n) is 10.0. The van der Waals surface area contributed by atoms with Gasteiger partial charge in [-0.15, -0.1) is 0 Å². The summed E-state index contributed by atoms with van der Waals surface area (Å²) in [5.41, 5.74) is 2.31. The fraction of sp³-hybridized carbons (Fsp3) is 0.0588. The van der Waals surface area contributed by atoms with Crippen molar-refractivity contribution < 1.29 is 4.74 Å². The second-order valence-electron chi connectivity index (χ2n) is 4.35. The summed E-state index contributed by atoms with van der Waals surface area (Å²) in [6, 6.07) is 20.4. The summed E-state index contributed by atoms with van der Waals surface area (Å²) in [4.78, 5) is 0. The Morgan fingerprint density at radius 1 is 0.833 bits per heavy atom. The number of benzene rings is 2. The topological polar surface area (TPSA) is 9.23 Å². The average molecular weight is 234 g/mol. The summed E-state index contributed by atoms with van der Waals surface area (Å²) in [6.07, 6.45) is 2.13. The standard InChI is InChI=1S/C17H14O/c1-13-16(14-8-4-2-5-9-14)12-17(18-13)15-10-6-3-7-11-15/h2-12,16H,1H2/t16-/m0/s1. The highest BCUT2D eigenvalue weighted by molar-refractivity contribution is 5.65. The van der Waals surface area contributed by atoms with E-state index in [-0.39, 0.29) is 5.92 Å². The predicted octanol–water partition coefficient (Wildman–Crippen LogP) is 4.36. The van der Waals surface area contributed by atoms with Crippen LogP contribution < -0.4 is 0 Å². The minimum Gasteiger partial charge on any atom is -0.461 e. The minimum atomic E-state index is 0.154. The van der Waals surface area contributed by atoms with Crippen molar-refractivity contribution in [1.82, 2.24) is 0 Å². The van der Waals surface area contributed by atoms with Gasteiger partial charge in [-0.1, -0.05) is 67.2 Å². The zero-order valence-corrected chi connectivity index (χ0v) is 10.0. The van der Waals surface area contributed by atoms with Crippen LogP contribution in [0.1, 0.15) is 17.0 Å². The van der Waals surface area contributed by atoms with E-state index in [9.17, 15) is 0 Å². The van der Waals surface area contributed by atoms with E-state index in [0.717, 1.165) is 17.1 Å². The van der Waals surface area contributed by atoms with Crippen LogP contribution in [0.15, 0.2) is 79.1 Å². The summed E-state index contributed by atoms with van der Waals surface area (Å²) >= 11 is 0. The molecule has 1 nitrogen and oxygen atoms in total. The van der Waals surface area contributed by atoms with E-state index in [4.69, 9.17) is 4.74 Å². The van der Waals surface area contributed by atoms with Gasteiger partial charge in [0.15, 0.2) is 0 Å². The molecular formula is C17H14O. The molecule has 1 heteroatoms. The van der Waals surface area contributed by atoms with E-state index in [1.54, 1.807) is 0 Å². The van der Waals surface area contributed by atoms with Crippen LogP contribution in [0.4, 0.5) is 0 Å². The second kappa shape index (κ2) is 4.53. The maximum absolute atomic E-state index is 5.78. The molecule has 0 spiro atoms. The number of hydrogen-bond acceptors (Lipinski definition) is 1. The van der Waals surface area contributed by atoms with Gasteiger partial charge in [-0.3, -0.25) is 0 Å². The average Bonchev–Trinajstić information content (AvgIpc) is 2.83. The van der Waals surface area contributed by atoms with Crippen molar-refractivity contribution in [1.29, 1.82) is 0 Å². The highest BCUT2D eigenvalue weighted by Gasteiger charge is 2.23. The molecule has 0 unspecified atom stereocenters. The van der Waals surface area contributed by atoms with Crippen molar-refractivity contribution in [3.8, 4) is 0 Å². The van der Waals surface area contributed by atoms with Gasteiger partial charge in [-0.05, 0) is 11.6 Å². The van der Waals surface area contributed by atoms with Gasteiger partial charge in [-0.25, -0.2) is 0 Å². The van der Waals surface area contributed by atoms with Crippen LogP contribution in [0.2, 0.25) is 0 Å². The molecule has 0 fully saturated rings. The summed E-state index contributed by atoms with van der Waals surface area (Å²) in [5, 5.41) is 0. The maximum atomic E-state index is 5.78. The third kappa shape index (κ3) is 1.95. The third-order valence-corrected chi connectivity index (χ3v) is 3.12. The molecule has 0 bridgehead atoms. The molecule has 0 saturated heterocycles. The largest absolute Gasteiger partial charge is 0.461 e. The van der Waals surface area contributed by atoms with Gasteiger partial charge < -0.3 is 4.74 Å². The molecule has 0 aliphatic carbocycles. The molecule has 1 heterocycles. The fourth-order valence-electron chi connectivity index (χ4n) is 2.18. The van der Waals surface area contributed by atoms with Crippen LogP contribution in [-0.4, -0.2) is 0 Å². The predicted molar refractivity (Wildman–Crippen MR) is 73.8 cm³/mol. The highest BCUT2D eigenvalue weighted by Crippen LogP contribution is 2.38. The van der Waals surface area contributed by atoms with Crippen molar-refractivity contribution in [3.05, 3.63) is 90.2 Å². The Labute approximate surface area is 107 Å². The zero-order chi connectivity index (χ0) is 12.4. The Bertz CT molecular complexity index is 582. The molecular weight excluding hydrogens is 220 g/mol. The van der Waals surface area contributed by atoms with Gasteiger partial charge in [0.1, 0.15) is 11.5 Å². The molecule has 0 aromatic heterocycles. The van der Waals surface area contributed by atoms with Gasteiger partial charge in [0.05, 0.1) is 5.92 Å². The van der Waals surface area contributed by atoms with Crippen LogP contribution in [0, 0.1) is 0 Å². The number of hydrogen-bond donors (Lipinski definition) is 0. The molecule has 1 aliphatic rings. The molecule has 1 aliphatic heterocycles. The van der Waals surface area contributed by atoms with Gasteiger partial charge >= 0.3 is 0 Å². The van der Waals surface area contributed by atoms with Crippen LogP contribution >= 0.6 is 0 Å². The lowest BCUT2D eigenvalue weighted by molar-refractivity contribution is 0.388. The number of allylic oxidation sites excluding steroid dienone is 1. The first-order valence-electron chi connectivity index (χ1n) is 6.03. The Kier molecular flexibility index (Phi) is 2.73. The maximum Gasteiger partial charge on any atom is 0.131 e. The molecule has 2 aromatic rings. The minimum absolute atomic E-state index is 0.154. The van der Waals surface area contributed by atoms with Gasteiger partial charge in [0.25, 0.3) is 0 Å². The lowest BCUT2D eigenvalue weighted by Crippen LogP contribution is -1.93. The van der Waals surface area contributed by atoms with Crippen LogP contribution in [0.3, 0.4) is 0 Å². The van der Waals surface area contributed by atoms with E-state index in [0.29, 0.717) is 0 Å². The lowest BCUT2D eigenvalue weighted by Gasteiger charge is -2.08. The van der Waals surface area contributed by atoms with Crippen LogP contribution in [-0.2, 0) is 4.74 Å². The van der Waals surface area contributed by atoms with Crippen molar-refractivity contribution in [2.45, 2.75) is 5.92 Å². The van der Waals surface area contributed by atoms with Crippen LogP contribution in [0.25, 0.3) is 5.76 Å². The quantitative estimate of drug-likeness (QED) is 0.750. The summed E-state index contributed by atoms with van der Waals surface area (Å²) < 4.78 is 5.78. The smallest absolute Gasteiger partial charge is 0.131 e. The molecule has 3 rings (SSSR count). The van der Waals surface area contributed by atoms with E-state index in [1.165, 1.54) is 5.56 Å². The monoisotopic (exact) mass is 234 g/mol. The van der Waals surface area contributed by atoms with Crippen molar-refractivity contribution in [3.63, 3.8) is 0 Å². The van der Waals surface area contributed by atoms with E-state index >= 15 is 0 Å². The molecule has 1 atom stereocenters. The molecule has 0 N–H and O–H groups in total. The lowest BCUT2D eigenvalue weighted by atomic mass is 9.98. The number of rotatable bonds is 2. The van der Waals surface area contributed by atoms with Crippen molar-refractivity contribution in [2.75, 3.05) is 0 Å². The Balaban J connectivity index is 1.95. The molecule has 0 radical (unpaired) electrons. The Morgan fingerprint density at radius 2 is 1.44 bits per heavy atom. The van der Waals surface area contributed by atoms with E-state index in [2.05, 4.69) is 24.8 Å². The van der Waals surface area contributed by atoms with Crippen molar-refractivity contribution in [2.24, 2.45) is 0 Å². The van der Waals surface area contributed by atoms with Gasteiger partial charge in [0, 0.05) is 5.56 Å². The molecule has 0 amide bonds. The Hall–Kier alpha value is -2.28. The van der Waals surface area contributed by atoms with E-state index < -0.39 is 0 Å². The molecule has 18 heavy (non-hydrogen) atoms. The summed E-state index contributed by atoms with van der Waals surface area (Å²) in [5.74, 6) is 1.84. The first kappa shape index (κ1) is 10.8. The molecule has 0 saturated carbocycles. The molecule has 2 aromatic carbocycles. The summed E-state index contributed by atoms with van der Waals surface area (Å²) in [6.45, 7) is 4.01. The number of ether oxygens (including phenoxy) is 1. The molecule has 88 valence electrons. The van der Waals surface area contributed by atoms with E-state index in [1.807, 2.05) is 48.5 Å². The highest BCUT2D eigenvalue weighted by atomic mass is 16.5. The second-order valence-corrected chi connectivity index (χ2v) is 4.35. The summed E-state index contributed by atoms with van der Waals surface area (Å²) in [7, 11) is 0. The fourth-order valence-corrected chi connectivity index (χ4v) is 2.18. The Morgan fingerprint density at radius 3 is 2.11 bits per heavy atom. The van der Waals surface area contributed by atoms with Crippen molar-refractivity contribution >= 4 is 5.76 Å². The first-order chi connectivity index (χ1) is 8.84. The normalized spacial score (nSPS) is 18.3. The first-order valence-corrected chi connectivity index (χ1v) is 6.03. The SMILES string of the molecule is C=C1OC(c2ccccc2)=C[C@@H]1c1ccccc1.